The number of likely N-dealkylation sites (tertiary alicyclic amines) is 1. The number of benzene rings is 1. The van der Waals surface area contributed by atoms with Crippen molar-refractivity contribution < 1.29 is 19.1 Å². The molecule has 10 heteroatoms. The van der Waals surface area contributed by atoms with Crippen LogP contribution in [0.2, 0.25) is 5.02 Å². The summed E-state index contributed by atoms with van der Waals surface area (Å²) >= 11 is 6.20. The van der Waals surface area contributed by atoms with Crippen LogP contribution in [0.25, 0.3) is 0 Å². The van der Waals surface area contributed by atoms with Gasteiger partial charge in [0.15, 0.2) is 0 Å². The molecule has 4 N–H and O–H groups in total. The number of halogens is 1. The number of hydrogen-bond donors (Lipinski definition) is 3. The van der Waals surface area contributed by atoms with Gasteiger partial charge in [0.25, 0.3) is 0 Å². The highest BCUT2D eigenvalue weighted by Crippen LogP contribution is 2.33. The minimum atomic E-state index is -0.981. The molecule has 1 aliphatic rings. The van der Waals surface area contributed by atoms with E-state index in [0.29, 0.717) is 36.8 Å². The first kappa shape index (κ1) is 24.5. The number of piperidine rings is 1. The van der Waals surface area contributed by atoms with E-state index >= 15 is 0 Å². The zero-order valence-electron chi connectivity index (χ0n) is 18.5. The molecule has 1 aromatic carbocycles. The van der Waals surface area contributed by atoms with E-state index in [9.17, 15) is 14.4 Å². The van der Waals surface area contributed by atoms with Gasteiger partial charge in [0.1, 0.15) is 12.4 Å². The molecule has 2 heterocycles. The Kier molecular flexibility index (Phi) is 8.24. The molecule has 0 unspecified atom stereocenters. The summed E-state index contributed by atoms with van der Waals surface area (Å²) in [6.07, 6.45) is 1.60. The summed E-state index contributed by atoms with van der Waals surface area (Å²) in [5, 5.41) is 6.03. The van der Waals surface area contributed by atoms with Crippen LogP contribution in [0.4, 0.5) is 10.6 Å². The van der Waals surface area contributed by atoms with Gasteiger partial charge in [-0.3, -0.25) is 14.9 Å². The number of carbonyl (C=O) groups is 3. The Morgan fingerprint density at radius 3 is 2.55 bits per heavy atom. The zero-order chi connectivity index (χ0) is 23.8. The fourth-order valence-corrected chi connectivity index (χ4v) is 3.84. The number of anilines is 1. The average molecular weight is 474 g/mol. The molecule has 1 saturated heterocycles. The highest BCUT2D eigenvalue weighted by Gasteiger charge is 2.43. The quantitative estimate of drug-likeness (QED) is 0.567. The van der Waals surface area contributed by atoms with Crippen LogP contribution in [0, 0.1) is 12.3 Å². The van der Waals surface area contributed by atoms with Crippen LogP contribution < -0.4 is 16.4 Å². The fourth-order valence-electron chi connectivity index (χ4n) is 3.64. The van der Waals surface area contributed by atoms with Crippen LogP contribution in [-0.2, 0) is 20.9 Å². The van der Waals surface area contributed by atoms with Gasteiger partial charge in [0, 0.05) is 30.9 Å². The standard InChI is InChI=1S/C23H28ClN5O4/c1-16-6-7-19(26-13-16)28-22(32)33-15-23(8-10-29(11-9-23)20(30)12-25)21(31)27-14-17-4-2-3-5-18(17)24/h2-7,13H,8-12,14-15,25H2,1H3,(H,27,31)(H,26,28,32). The first-order valence-corrected chi connectivity index (χ1v) is 11.1. The molecule has 9 nitrogen and oxygen atoms in total. The molecule has 0 spiro atoms. The minimum absolute atomic E-state index is 0.0891. The first-order chi connectivity index (χ1) is 15.8. The Hall–Kier alpha value is -3.17. The first-order valence-electron chi connectivity index (χ1n) is 10.7. The van der Waals surface area contributed by atoms with Gasteiger partial charge in [-0.15, -0.1) is 0 Å². The topological polar surface area (TPSA) is 127 Å². The number of ether oxygens (including phenoxy) is 1. The van der Waals surface area contributed by atoms with Crippen molar-refractivity contribution >= 4 is 35.3 Å². The van der Waals surface area contributed by atoms with Crippen molar-refractivity contribution in [3.8, 4) is 0 Å². The van der Waals surface area contributed by atoms with E-state index in [4.69, 9.17) is 22.1 Å². The lowest BCUT2D eigenvalue weighted by Gasteiger charge is -2.40. The minimum Gasteiger partial charge on any atom is -0.448 e. The normalized spacial score (nSPS) is 14.9. The number of aryl methyl sites for hydroxylation is 1. The Morgan fingerprint density at radius 1 is 1.18 bits per heavy atom. The van der Waals surface area contributed by atoms with Gasteiger partial charge in [0.05, 0.1) is 12.0 Å². The number of amides is 3. The molecule has 176 valence electrons. The van der Waals surface area contributed by atoms with E-state index in [2.05, 4.69) is 15.6 Å². The Balaban J connectivity index is 1.66. The molecule has 1 aliphatic heterocycles. The summed E-state index contributed by atoms with van der Waals surface area (Å²) in [4.78, 5) is 43.3. The molecule has 0 atom stereocenters. The Labute approximate surface area is 197 Å². The molecular weight excluding hydrogens is 446 g/mol. The highest BCUT2D eigenvalue weighted by atomic mass is 35.5. The van der Waals surface area contributed by atoms with Gasteiger partial charge in [-0.05, 0) is 43.0 Å². The number of nitrogens with one attached hydrogen (secondary N) is 2. The second kappa shape index (κ2) is 11.1. The van der Waals surface area contributed by atoms with Crippen LogP contribution in [0.3, 0.4) is 0 Å². The van der Waals surface area contributed by atoms with E-state index in [0.717, 1.165) is 11.1 Å². The summed E-state index contributed by atoms with van der Waals surface area (Å²) < 4.78 is 5.43. The van der Waals surface area contributed by atoms with Crippen molar-refractivity contribution in [3.63, 3.8) is 0 Å². The Bertz CT molecular complexity index is 991. The van der Waals surface area contributed by atoms with E-state index in [1.165, 1.54) is 0 Å². The molecule has 0 bridgehead atoms. The van der Waals surface area contributed by atoms with E-state index < -0.39 is 11.5 Å². The SMILES string of the molecule is Cc1ccc(NC(=O)OCC2(C(=O)NCc3ccccc3Cl)CCN(C(=O)CN)CC2)nc1. The lowest BCUT2D eigenvalue weighted by molar-refractivity contribution is -0.142. The van der Waals surface area contributed by atoms with Crippen molar-refractivity contribution in [2.75, 3.05) is 31.6 Å². The average Bonchev–Trinajstić information content (AvgIpc) is 2.83. The molecule has 3 amide bonds. The van der Waals surface area contributed by atoms with Crippen LogP contribution >= 0.6 is 11.6 Å². The molecule has 3 rings (SSSR count). The number of rotatable bonds is 7. The van der Waals surface area contributed by atoms with Crippen molar-refractivity contribution in [1.82, 2.24) is 15.2 Å². The lowest BCUT2D eigenvalue weighted by Crippen LogP contribution is -2.53. The smallest absolute Gasteiger partial charge is 0.412 e. The molecule has 0 saturated carbocycles. The van der Waals surface area contributed by atoms with E-state index in [-0.39, 0.29) is 31.5 Å². The predicted molar refractivity (Wildman–Crippen MR) is 125 cm³/mol. The van der Waals surface area contributed by atoms with Crippen molar-refractivity contribution in [2.24, 2.45) is 11.1 Å². The molecule has 1 fully saturated rings. The molecule has 33 heavy (non-hydrogen) atoms. The van der Waals surface area contributed by atoms with Crippen LogP contribution in [0.15, 0.2) is 42.6 Å². The lowest BCUT2D eigenvalue weighted by atomic mass is 9.78. The number of pyridine rings is 1. The summed E-state index contributed by atoms with van der Waals surface area (Å²) in [5.74, 6) is -0.0844. The number of nitrogens with two attached hydrogens (primary N) is 1. The molecule has 0 radical (unpaired) electrons. The van der Waals surface area contributed by atoms with Crippen molar-refractivity contribution in [2.45, 2.75) is 26.3 Å². The highest BCUT2D eigenvalue weighted by molar-refractivity contribution is 6.31. The van der Waals surface area contributed by atoms with Gasteiger partial charge < -0.3 is 20.7 Å². The third-order valence-electron chi connectivity index (χ3n) is 5.75. The van der Waals surface area contributed by atoms with Crippen LogP contribution in [0.5, 0.6) is 0 Å². The van der Waals surface area contributed by atoms with E-state index in [1.54, 1.807) is 23.2 Å². The van der Waals surface area contributed by atoms with E-state index in [1.807, 2.05) is 31.2 Å². The third-order valence-corrected chi connectivity index (χ3v) is 6.12. The van der Waals surface area contributed by atoms with Gasteiger partial charge in [-0.1, -0.05) is 35.9 Å². The molecule has 0 aliphatic carbocycles. The summed E-state index contributed by atoms with van der Waals surface area (Å²) in [5.41, 5.74) is 6.23. The number of aromatic nitrogens is 1. The molecule has 1 aromatic heterocycles. The largest absolute Gasteiger partial charge is 0.448 e. The maximum Gasteiger partial charge on any atom is 0.412 e. The molecular formula is C23H28ClN5O4. The van der Waals surface area contributed by atoms with Gasteiger partial charge in [-0.2, -0.15) is 0 Å². The van der Waals surface area contributed by atoms with Gasteiger partial charge in [0.2, 0.25) is 11.8 Å². The summed E-state index contributed by atoms with van der Waals surface area (Å²) in [6.45, 7) is 2.60. The number of hydrogen-bond acceptors (Lipinski definition) is 6. The number of carbonyl (C=O) groups excluding carboxylic acids is 3. The zero-order valence-corrected chi connectivity index (χ0v) is 19.2. The second-order valence-electron chi connectivity index (χ2n) is 8.06. The third kappa shape index (κ3) is 6.43. The fraction of sp³-hybridized carbons (Fsp3) is 0.391. The van der Waals surface area contributed by atoms with Crippen molar-refractivity contribution in [1.29, 1.82) is 0 Å². The maximum absolute atomic E-state index is 13.3. The summed E-state index contributed by atoms with van der Waals surface area (Å²) in [7, 11) is 0. The molecule has 2 aromatic rings. The van der Waals surface area contributed by atoms with Gasteiger partial charge >= 0.3 is 6.09 Å². The monoisotopic (exact) mass is 473 g/mol. The Morgan fingerprint density at radius 2 is 1.91 bits per heavy atom. The van der Waals surface area contributed by atoms with Gasteiger partial charge in [-0.25, -0.2) is 9.78 Å². The number of nitrogens with zero attached hydrogens (tertiary/aromatic N) is 2. The summed E-state index contributed by atoms with van der Waals surface area (Å²) in [6, 6.07) is 10.7. The van der Waals surface area contributed by atoms with Crippen molar-refractivity contribution in [3.05, 3.63) is 58.7 Å². The van der Waals surface area contributed by atoms with Crippen LogP contribution in [0.1, 0.15) is 24.0 Å². The maximum atomic E-state index is 13.3. The second-order valence-corrected chi connectivity index (χ2v) is 8.47. The predicted octanol–water partition coefficient (Wildman–Crippen LogP) is 2.48. The van der Waals surface area contributed by atoms with Crippen LogP contribution in [-0.4, -0.2) is 54.0 Å².